The van der Waals surface area contributed by atoms with Gasteiger partial charge in [0.1, 0.15) is 11.6 Å². The van der Waals surface area contributed by atoms with Gasteiger partial charge in [0, 0.05) is 31.2 Å². The Labute approximate surface area is 220 Å². The highest BCUT2D eigenvalue weighted by atomic mass is 35.5. The summed E-state index contributed by atoms with van der Waals surface area (Å²) in [5.41, 5.74) is 4.14. The quantitative estimate of drug-likeness (QED) is 0.297. The summed E-state index contributed by atoms with van der Waals surface area (Å²) in [7, 11) is 0. The molecule has 1 saturated heterocycles. The van der Waals surface area contributed by atoms with Gasteiger partial charge in [0.25, 0.3) is 5.91 Å². The van der Waals surface area contributed by atoms with Crippen molar-refractivity contribution in [2.45, 2.75) is 32.4 Å². The van der Waals surface area contributed by atoms with Crippen LogP contribution in [0.1, 0.15) is 35.7 Å². The summed E-state index contributed by atoms with van der Waals surface area (Å²) < 4.78 is 5.89. The number of nitrogens with zero attached hydrogens (tertiary/aromatic N) is 2. The van der Waals surface area contributed by atoms with Crippen molar-refractivity contribution < 1.29 is 9.53 Å². The molecule has 1 aliphatic heterocycles. The summed E-state index contributed by atoms with van der Waals surface area (Å²) in [6.45, 7) is 5.25. The minimum Gasteiger partial charge on any atom is -0.493 e. The number of ether oxygens (including phenoxy) is 1. The molecular formula is C28H28Cl2N4O2. The Hall–Kier alpha value is -3.06. The summed E-state index contributed by atoms with van der Waals surface area (Å²) in [4.78, 5) is 23.4. The fourth-order valence-electron chi connectivity index (χ4n) is 4.61. The Bertz CT molecular complexity index is 1330. The van der Waals surface area contributed by atoms with Crippen LogP contribution in [0.15, 0.2) is 60.7 Å². The van der Waals surface area contributed by atoms with Crippen LogP contribution in [0.5, 0.6) is 5.75 Å². The van der Waals surface area contributed by atoms with Gasteiger partial charge in [-0.25, -0.2) is 4.98 Å². The number of imidazole rings is 1. The number of fused-ring (bicyclic) bond motifs is 1. The molecule has 0 spiro atoms. The van der Waals surface area contributed by atoms with E-state index in [0.29, 0.717) is 39.3 Å². The third-order valence-electron chi connectivity index (χ3n) is 6.49. The maximum atomic E-state index is 13.1. The highest BCUT2D eigenvalue weighted by molar-refractivity contribution is 6.42. The van der Waals surface area contributed by atoms with Crippen LogP contribution < -0.4 is 10.1 Å². The maximum absolute atomic E-state index is 13.1. The molecular weight excluding hydrogens is 495 g/mol. The smallest absolute Gasteiger partial charge is 0.251 e. The van der Waals surface area contributed by atoms with E-state index in [-0.39, 0.29) is 11.9 Å². The van der Waals surface area contributed by atoms with Gasteiger partial charge in [0.15, 0.2) is 0 Å². The topological polar surface area (TPSA) is 70.2 Å². The van der Waals surface area contributed by atoms with Crippen LogP contribution in [0.2, 0.25) is 10.0 Å². The Balaban J connectivity index is 1.27. The van der Waals surface area contributed by atoms with Crippen molar-refractivity contribution in [2.75, 3.05) is 19.7 Å². The molecule has 1 aliphatic rings. The van der Waals surface area contributed by atoms with Crippen molar-refractivity contribution in [3.8, 4) is 17.1 Å². The fraction of sp³-hybridized carbons (Fsp3) is 0.286. The maximum Gasteiger partial charge on any atom is 0.251 e. The first-order valence-electron chi connectivity index (χ1n) is 12.2. The molecule has 3 aromatic carbocycles. The van der Waals surface area contributed by atoms with E-state index >= 15 is 0 Å². The predicted octanol–water partition coefficient (Wildman–Crippen LogP) is 6.33. The lowest BCUT2D eigenvalue weighted by atomic mass is 10.0. The van der Waals surface area contributed by atoms with E-state index < -0.39 is 0 Å². The fourth-order valence-corrected chi connectivity index (χ4v) is 4.93. The van der Waals surface area contributed by atoms with E-state index in [1.807, 2.05) is 25.1 Å². The molecule has 1 aromatic heterocycles. The number of hydrogen-bond acceptors (Lipinski definition) is 4. The van der Waals surface area contributed by atoms with Gasteiger partial charge in [-0.05, 0) is 55.7 Å². The highest BCUT2D eigenvalue weighted by Gasteiger charge is 2.22. The largest absolute Gasteiger partial charge is 0.493 e. The minimum absolute atomic E-state index is 0.0906. The molecule has 2 N–H and O–H groups in total. The molecule has 2 heterocycles. The lowest BCUT2D eigenvalue weighted by Crippen LogP contribution is -2.44. The Morgan fingerprint density at radius 3 is 2.58 bits per heavy atom. The van der Waals surface area contributed by atoms with E-state index in [4.69, 9.17) is 27.9 Å². The molecule has 8 heteroatoms. The second-order valence-electron chi connectivity index (χ2n) is 9.02. The Morgan fingerprint density at radius 1 is 1.08 bits per heavy atom. The Morgan fingerprint density at radius 2 is 1.83 bits per heavy atom. The standard InChI is InChI=1S/C28H28Cl2N4O2/c1-2-36-26-14-19(8-9-21(26)27-32-24-15-22(29)23(30)16-25(24)33-27)28(35)31-20-10-12-34(13-11-20)17-18-6-4-3-5-7-18/h3-9,14-16,20H,2,10-13,17H2,1H3,(H,31,35)(H,32,33). The number of halogens is 2. The van der Waals surface area contributed by atoms with Gasteiger partial charge in [-0.3, -0.25) is 9.69 Å². The van der Waals surface area contributed by atoms with Crippen molar-refractivity contribution in [3.63, 3.8) is 0 Å². The van der Waals surface area contributed by atoms with E-state index in [1.54, 1.807) is 18.2 Å². The van der Waals surface area contributed by atoms with E-state index in [1.165, 1.54) is 5.56 Å². The minimum atomic E-state index is -0.0906. The second-order valence-corrected chi connectivity index (χ2v) is 9.84. The molecule has 0 radical (unpaired) electrons. The number of likely N-dealkylation sites (tertiary alicyclic amines) is 1. The molecule has 0 bridgehead atoms. The van der Waals surface area contributed by atoms with Gasteiger partial charge in [0.2, 0.25) is 0 Å². The SMILES string of the molecule is CCOc1cc(C(=O)NC2CCN(Cc3ccccc3)CC2)ccc1-c1nc2cc(Cl)c(Cl)cc2[nH]1. The van der Waals surface area contributed by atoms with Crippen LogP contribution in [0, 0.1) is 0 Å². The molecule has 0 saturated carbocycles. The second kappa shape index (κ2) is 10.9. The molecule has 36 heavy (non-hydrogen) atoms. The lowest BCUT2D eigenvalue weighted by molar-refractivity contribution is 0.0908. The first-order chi connectivity index (χ1) is 17.5. The molecule has 0 unspecified atom stereocenters. The number of benzene rings is 3. The summed E-state index contributed by atoms with van der Waals surface area (Å²) in [5.74, 6) is 1.13. The van der Waals surface area contributed by atoms with Gasteiger partial charge in [-0.15, -0.1) is 0 Å². The number of aromatic amines is 1. The van der Waals surface area contributed by atoms with Crippen molar-refractivity contribution in [2.24, 2.45) is 0 Å². The van der Waals surface area contributed by atoms with Crippen LogP contribution in [0.4, 0.5) is 0 Å². The molecule has 5 rings (SSSR count). The normalized spacial score (nSPS) is 14.8. The number of carbonyl (C=O) groups excluding carboxylic acids is 1. The summed E-state index contributed by atoms with van der Waals surface area (Å²) >= 11 is 12.3. The van der Waals surface area contributed by atoms with Crippen LogP contribution >= 0.6 is 23.2 Å². The summed E-state index contributed by atoms with van der Waals surface area (Å²) in [5, 5.41) is 4.12. The molecule has 0 aliphatic carbocycles. The molecule has 6 nitrogen and oxygen atoms in total. The van der Waals surface area contributed by atoms with Gasteiger partial charge in [0.05, 0.1) is 33.2 Å². The van der Waals surface area contributed by atoms with Crippen LogP contribution in [-0.2, 0) is 6.54 Å². The monoisotopic (exact) mass is 522 g/mol. The first kappa shape index (κ1) is 24.6. The molecule has 1 amide bonds. The number of amides is 1. The number of nitrogens with one attached hydrogen (secondary N) is 2. The van der Waals surface area contributed by atoms with Gasteiger partial charge in [-0.2, -0.15) is 0 Å². The van der Waals surface area contributed by atoms with Crippen LogP contribution in [-0.4, -0.2) is 46.5 Å². The van der Waals surface area contributed by atoms with Gasteiger partial charge >= 0.3 is 0 Å². The number of H-pyrrole nitrogens is 1. The van der Waals surface area contributed by atoms with Crippen molar-refractivity contribution in [1.29, 1.82) is 0 Å². The third-order valence-corrected chi connectivity index (χ3v) is 7.22. The highest BCUT2D eigenvalue weighted by Crippen LogP contribution is 2.33. The lowest BCUT2D eigenvalue weighted by Gasteiger charge is -2.32. The van der Waals surface area contributed by atoms with Crippen LogP contribution in [0.25, 0.3) is 22.4 Å². The average Bonchev–Trinajstić information content (AvgIpc) is 3.28. The van der Waals surface area contributed by atoms with E-state index in [2.05, 4.69) is 44.5 Å². The van der Waals surface area contributed by atoms with Crippen LogP contribution in [0.3, 0.4) is 0 Å². The van der Waals surface area contributed by atoms with Crippen molar-refractivity contribution >= 4 is 40.1 Å². The molecule has 0 atom stereocenters. The molecule has 4 aromatic rings. The summed E-state index contributed by atoms with van der Waals surface area (Å²) in [6.07, 6.45) is 1.86. The third kappa shape index (κ3) is 5.51. The number of piperidine rings is 1. The van der Waals surface area contributed by atoms with Crippen molar-refractivity contribution in [3.05, 3.63) is 81.8 Å². The zero-order valence-electron chi connectivity index (χ0n) is 20.1. The number of hydrogen-bond donors (Lipinski definition) is 2. The predicted molar refractivity (Wildman–Crippen MR) is 145 cm³/mol. The average molecular weight is 523 g/mol. The van der Waals surface area contributed by atoms with Gasteiger partial charge in [-0.1, -0.05) is 53.5 Å². The van der Waals surface area contributed by atoms with E-state index in [0.717, 1.165) is 43.6 Å². The number of rotatable bonds is 7. The molecule has 186 valence electrons. The number of carbonyl (C=O) groups is 1. The van der Waals surface area contributed by atoms with E-state index in [9.17, 15) is 4.79 Å². The number of aromatic nitrogens is 2. The zero-order chi connectivity index (χ0) is 25.1. The van der Waals surface area contributed by atoms with Gasteiger partial charge < -0.3 is 15.0 Å². The Kier molecular flexibility index (Phi) is 7.46. The van der Waals surface area contributed by atoms with Crippen molar-refractivity contribution in [1.82, 2.24) is 20.2 Å². The zero-order valence-corrected chi connectivity index (χ0v) is 21.6. The molecule has 1 fully saturated rings. The first-order valence-corrected chi connectivity index (χ1v) is 12.9. The summed E-state index contributed by atoms with van der Waals surface area (Å²) in [6, 6.07) is 19.6.